The highest BCUT2D eigenvalue weighted by Gasteiger charge is 2.55. The molecule has 148 valence electrons. The lowest BCUT2D eigenvalue weighted by Crippen LogP contribution is -2.60. The normalized spacial score (nSPS) is 21.6. The Labute approximate surface area is 170 Å². The van der Waals surface area contributed by atoms with Crippen molar-refractivity contribution in [3.05, 3.63) is 58.6 Å². The third-order valence-corrected chi connectivity index (χ3v) is 6.18. The van der Waals surface area contributed by atoms with Crippen LogP contribution in [0.5, 0.6) is 5.75 Å². The number of nitrogens with zero attached hydrogens (tertiary/aromatic N) is 2. The fraction of sp³-hybridized carbons (Fsp3) is 0.409. The van der Waals surface area contributed by atoms with Gasteiger partial charge in [0.15, 0.2) is 0 Å². The molecule has 1 fully saturated rings. The van der Waals surface area contributed by atoms with Crippen LogP contribution in [0.4, 0.5) is 10.5 Å². The van der Waals surface area contributed by atoms with E-state index >= 15 is 0 Å². The minimum absolute atomic E-state index is 0.0189. The zero-order valence-corrected chi connectivity index (χ0v) is 17.2. The smallest absolute Gasteiger partial charge is 0.325 e. The van der Waals surface area contributed by atoms with Crippen LogP contribution in [-0.2, 0) is 16.8 Å². The minimum atomic E-state index is -0.470. The van der Waals surface area contributed by atoms with Crippen LogP contribution in [0.15, 0.2) is 42.5 Å². The monoisotopic (exact) mass is 400 g/mol. The summed E-state index contributed by atoms with van der Waals surface area (Å²) in [5, 5.41) is 0.673. The predicted octanol–water partition coefficient (Wildman–Crippen LogP) is 4.67. The Kier molecular flexibility index (Phi) is 4.98. The topological polar surface area (TPSA) is 42.0 Å². The van der Waals surface area contributed by atoms with Crippen molar-refractivity contribution in [2.24, 2.45) is 5.92 Å². The van der Waals surface area contributed by atoms with Gasteiger partial charge in [-0.2, -0.15) is 0 Å². The minimum Gasteiger partial charge on any atom is -0.497 e. The number of carbonyl (C=O) groups excluding carboxylic acids is 1. The first-order chi connectivity index (χ1) is 13.5. The van der Waals surface area contributed by atoms with Crippen molar-refractivity contribution in [2.45, 2.75) is 24.9 Å². The van der Waals surface area contributed by atoms with Gasteiger partial charge in [-0.25, -0.2) is 4.79 Å². The van der Waals surface area contributed by atoms with Crippen molar-refractivity contribution < 1.29 is 14.3 Å². The maximum Gasteiger partial charge on any atom is 0.325 e. The summed E-state index contributed by atoms with van der Waals surface area (Å²) in [5.74, 6) is 1.19. The molecule has 4 rings (SSSR count). The number of rotatable bonds is 6. The maximum atomic E-state index is 13.5. The van der Waals surface area contributed by atoms with Crippen LogP contribution in [0.2, 0.25) is 5.02 Å². The van der Waals surface area contributed by atoms with Crippen LogP contribution in [0.25, 0.3) is 0 Å². The lowest BCUT2D eigenvalue weighted by molar-refractivity contribution is 0.0251. The molecule has 1 atom stereocenters. The summed E-state index contributed by atoms with van der Waals surface area (Å²) in [7, 11) is 5.21. The standard InChI is InChI=1S/C22H25ClN2O3/c1-24-21(26)25(13-15-4-9-18(28-3)10-5-15)20-11-8-17(23)12-19(20)22(24,14-27-2)16-6-7-16/h4-5,8-12,16H,6-7,13-14H2,1-3H3. The van der Waals surface area contributed by atoms with Gasteiger partial charge in [-0.15, -0.1) is 0 Å². The van der Waals surface area contributed by atoms with Gasteiger partial charge in [0.1, 0.15) is 5.75 Å². The summed E-state index contributed by atoms with van der Waals surface area (Å²) in [6.07, 6.45) is 2.18. The SMILES string of the molecule is COCC1(C2CC2)c2cc(Cl)ccc2N(Cc2ccc(OC)cc2)C(=O)N1C. The molecular weight excluding hydrogens is 376 g/mol. The van der Waals surface area contributed by atoms with Crippen LogP contribution < -0.4 is 9.64 Å². The number of ether oxygens (including phenoxy) is 2. The van der Waals surface area contributed by atoms with Crippen molar-refractivity contribution in [1.82, 2.24) is 4.90 Å². The van der Waals surface area contributed by atoms with Crippen molar-refractivity contribution in [3.8, 4) is 5.75 Å². The molecule has 0 spiro atoms. The first kappa shape index (κ1) is 19.1. The second kappa shape index (κ2) is 7.30. The molecule has 1 heterocycles. The Hall–Kier alpha value is -2.24. The molecule has 0 aromatic heterocycles. The second-order valence-corrected chi connectivity index (χ2v) is 8.01. The van der Waals surface area contributed by atoms with E-state index < -0.39 is 5.54 Å². The molecule has 0 bridgehead atoms. The number of fused-ring (bicyclic) bond motifs is 1. The highest BCUT2D eigenvalue weighted by Crippen LogP contribution is 2.54. The fourth-order valence-corrected chi connectivity index (χ4v) is 4.53. The molecule has 28 heavy (non-hydrogen) atoms. The van der Waals surface area contributed by atoms with Crippen LogP contribution in [0, 0.1) is 5.92 Å². The number of amides is 2. The van der Waals surface area contributed by atoms with Gasteiger partial charge >= 0.3 is 6.03 Å². The van der Waals surface area contributed by atoms with Gasteiger partial charge in [0.2, 0.25) is 0 Å². The van der Waals surface area contributed by atoms with E-state index in [9.17, 15) is 4.79 Å². The van der Waals surface area contributed by atoms with Crippen molar-refractivity contribution in [3.63, 3.8) is 0 Å². The van der Waals surface area contributed by atoms with Crippen molar-refractivity contribution in [2.75, 3.05) is 32.8 Å². The number of hydrogen-bond donors (Lipinski definition) is 0. The van der Waals surface area contributed by atoms with E-state index in [1.165, 1.54) is 0 Å². The number of carbonyl (C=O) groups is 1. The van der Waals surface area contributed by atoms with Crippen LogP contribution in [-0.4, -0.2) is 38.8 Å². The molecule has 0 N–H and O–H groups in total. The lowest BCUT2D eigenvalue weighted by Gasteiger charge is -2.50. The second-order valence-electron chi connectivity index (χ2n) is 7.57. The molecule has 6 heteroatoms. The third-order valence-electron chi connectivity index (χ3n) is 5.95. The van der Waals surface area contributed by atoms with Crippen LogP contribution in [0.3, 0.4) is 0 Å². The van der Waals surface area contributed by atoms with Gasteiger partial charge in [-0.1, -0.05) is 23.7 Å². The Morgan fingerprint density at radius 2 is 1.86 bits per heavy atom. The number of methoxy groups -OCH3 is 2. The quantitative estimate of drug-likeness (QED) is 0.707. The van der Waals surface area contributed by atoms with Crippen LogP contribution >= 0.6 is 11.6 Å². The van der Waals surface area contributed by atoms with E-state index in [1.807, 2.05) is 59.3 Å². The Balaban J connectivity index is 1.79. The highest BCUT2D eigenvalue weighted by molar-refractivity contribution is 6.30. The molecule has 2 aliphatic rings. The van der Waals surface area contributed by atoms with E-state index in [1.54, 1.807) is 14.2 Å². The van der Waals surface area contributed by atoms with E-state index in [2.05, 4.69) is 0 Å². The van der Waals surface area contributed by atoms with E-state index in [0.29, 0.717) is 24.1 Å². The molecule has 0 radical (unpaired) electrons. The van der Waals surface area contributed by atoms with Gasteiger partial charge in [0, 0.05) is 24.7 Å². The van der Waals surface area contributed by atoms with E-state index in [4.69, 9.17) is 21.1 Å². The molecule has 1 saturated carbocycles. The number of anilines is 1. The molecular formula is C22H25ClN2O3. The molecule has 1 aliphatic heterocycles. The van der Waals surface area contributed by atoms with E-state index in [-0.39, 0.29) is 6.03 Å². The Bertz CT molecular complexity index is 882. The molecule has 0 saturated heterocycles. The number of benzene rings is 2. The average Bonchev–Trinajstić information content (AvgIpc) is 3.55. The van der Waals surface area contributed by atoms with Gasteiger partial charge < -0.3 is 14.4 Å². The molecule has 2 amide bonds. The van der Waals surface area contributed by atoms with E-state index in [0.717, 1.165) is 35.4 Å². The number of likely N-dealkylation sites (N-methyl/N-ethyl adjacent to an activating group) is 1. The maximum absolute atomic E-state index is 13.5. The number of urea groups is 1. The summed E-state index contributed by atoms with van der Waals surface area (Å²) in [4.78, 5) is 17.1. The summed E-state index contributed by atoms with van der Waals surface area (Å²) >= 11 is 6.38. The van der Waals surface area contributed by atoms with Crippen molar-refractivity contribution in [1.29, 1.82) is 0 Å². The summed E-state index contributed by atoms with van der Waals surface area (Å²) in [6, 6.07) is 13.6. The number of halogens is 1. The molecule has 5 nitrogen and oxygen atoms in total. The Morgan fingerprint density at radius 3 is 2.46 bits per heavy atom. The number of hydrogen-bond acceptors (Lipinski definition) is 3. The first-order valence-corrected chi connectivity index (χ1v) is 9.86. The van der Waals surface area contributed by atoms with Crippen molar-refractivity contribution >= 4 is 23.3 Å². The zero-order chi connectivity index (χ0) is 19.9. The zero-order valence-electron chi connectivity index (χ0n) is 16.4. The molecule has 1 aliphatic carbocycles. The lowest BCUT2D eigenvalue weighted by atomic mass is 9.81. The highest BCUT2D eigenvalue weighted by atomic mass is 35.5. The molecule has 2 aromatic carbocycles. The van der Waals surface area contributed by atoms with Gasteiger partial charge in [-0.05, 0) is 54.7 Å². The third kappa shape index (κ3) is 3.03. The van der Waals surface area contributed by atoms with Gasteiger partial charge in [-0.3, -0.25) is 4.90 Å². The van der Waals surface area contributed by atoms with Gasteiger partial charge in [0.25, 0.3) is 0 Å². The summed E-state index contributed by atoms with van der Waals surface area (Å²) in [6.45, 7) is 0.944. The van der Waals surface area contributed by atoms with Crippen LogP contribution in [0.1, 0.15) is 24.0 Å². The molecule has 2 aromatic rings. The Morgan fingerprint density at radius 1 is 1.14 bits per heavy atom. The largest absolute Gasteiger partial charge is 0.497 e. The molecule has 1 unspecified atom stereocenters. The first-order valence-electron chi connectivity index (χ1n) is 9.48. The predicted molar refractivity (Wildman–Crippen MR) is 110 cm³/mol. The fourth-order valence-electron chi connectivity index (χ4n) is 4.36. The average molecular weight is 401 g/mol. The summed E-state index contributed by atoms with van der Waals surface area (Å²) < 4.78 is 10.8. The summed E-state index contributed by atoms with van der Waals surface area (Å²) in [5.41, 5.74) is 2.55. The van der Waals surface area contributed by atoms with Gasteiger partial charge in [0.05, 0.1) is 31.5 Å².